The van der Waals surface area contributed by atoms with Crippen molar-refractivity contribution < 1.29 is 19.0 Å². The maximum atomic E-state index is 13.0. The van der Waals surface area contributed by atoms with Crippen LogP contribution >= 0.6 is 0 Å². The number of ether oxygens (including phenoxy) is 3. The summed E-state index contributed by atoms with van der Waals surface area (Å²) in [5.74, 6) is 2.32. The van der Waals surface area contributed by atoms with E-state index in [-0.39, 0.29) is 18.1 Å². The number of hydrogen-bond acceptors (Lipinski definition) is 4. The molecule has 2 fully saturated rings. The van der Waals surface area contributed by atoms with E-state index in [0.717, 1.165) is 29.9 Å². The molecule has 0 N–H and O–H groups in total. The van der Waals surface area contributed by atoms with Gasteiger partial charge in [-0.15, -0.1) is 0 Å². The Morgan fingerprint density at radius 3 is 2.52 bits per heavy atom. The molecule has 176 valence electrons. The fraction of sp³-hybridized carbons (Fsp3) is 0.536. The average Bonchev–Trinajstić information content (AvgIpc) is 3.27. The van der Waals surface area contributed by atoms with Gasteiger partial charge in [0.2, 0.25) is 5.91 Å². The minimum Gasteiger partial charge on any atom is -0.493 e. The Morgan fingerprint density at radius 1 is 1.03 bits per heavy atom. The molecule has 0 spiro atoms. The molecule has 5 nitrogen and oxygen atoms in total. The second kappa shape index (κ2) is 10.2. The van der Waals surface area contributed by atoms with Gasteiger partial charge in [-0.25, -0.2) is 0 Å². The fourth-order valence-electron chi connectivity index (χ4n) is 5.61. The van der Waals surface area contributed by atoms with E-state index in [2.05, 4.69) is 24.3 Å². The van der Waals surface area contributed by atoms with Crippen LogP contribution in [0.4, 0.5) is 0 Å². The van der Waals surface area contributed by atoms with Crippen LogP contribution in [0, 0.1) is 5.92 Å². The van der Waals surface area contributed by atoms with Crippen LogP contribution < -0.4 is 9.47 Å². The third-order valence-corrected chi connectivity index (χ3v) is 7.47. The molecule has 1 aliphatic heterocycles. The minimum absolute atomic E-state index is 0.104. The van der Waals surface area contributed by atoms with Crippen molar-refractivity contribution in [1.82, 2.24) is 4.90 Å². The molecule has 1 heterocycles. The highest BCUT2D eigenvalue weighted by Crippen LogP contribution is 2.36. The molecule has 0 aromatic heterocycles. The number of benzene rings is 2. The minimum atomic E-state index is -0.136. The van der Waals surface area contributed by atoms with E-state index in [1.54, 1.807) is 7.11 Å². The van der Waals surface area contributed by atoms with Crippen LogP contribution in [0.15, 0.2) is 42.5 Å². The first kappa shape index (κ1) is 22.3. The highest BCUT2D eigenvalue weighted by molar-refractivity contribution is 5.76. The topological polar surface area (TPSA) is 48.0 Å². The van der Waals surface area contributed by atoms with Gasteiger partial charge < -0.3 is 19.1 Å². The molecule has 1 saturated carbocycles. The Morgan fingerprint density at radius 2 is 1.79 bits per heavy atom. The number of rotatable bonds is 6. The number of carbonyl (C=O) groups is 1. The van der Waals surface area contributed by atoms with Gasteiger partial charge in [-0.3, -0.25) is 4.79 Å². The smallest absolute Gasteiger partial charge is 0.223 e. The number of fused-ring (bicyclic) bond motifs is 1. The van der Waals surface area contributed by atoms with Gasteiger partial charge in [-0.2, -0.15) is 0 Å². The van der Waals surface area contributed by atoms with Crippen molar-refractivity contribution in [2.45, 2.75) is 63.6 Å². The van der Waals surface area contributed by atoms with Gasteiger partial charge in [0.1, 0.15) is 12.2 Å². The van der Waals surface area contributed by atoms with Crippen LogP contribution in [-0.2, 0) is 22.4 Å². The molecular weight excluding hydrogens is 414 g/mol. The normalized spacial score (nSPS) is 21.6. The molecule has 2 aromatic rings. The number of morpholine rings is 1. The van der Waals surface area contributed by atoms with Crippen LogP contribution in [0.3, 0.4) is 0 Å². The lowest BCUT2D eigenvalue weighted by Gasteiger charge is -2.34. The lowest BCUT2D eigenvalue weighted by Crippen LogP contribution is -2.42. The third-order valence-electron chi connectivity index (χ3n) is 7.47. The maximum absolute atomic E-state index is 13.0. The highest BCUT2D eigenvalue weighted by Gasteiger charge is 2.29. The van der Waals surface area contributed by atoms with E-state index in [0.29, 0.717) is 32.0 Å². The molecule has 1 amide bonds. The van der Waals surface area contributed by atoms with E-state index in [9.17, 15) is 4.79 Å². The zero-order chi connectivity index (χ0) is 22.6. The Kier molecular flexibility index (Phi) is 6.86. The predicted molar refractivity (Wildman–Crippen MR) is 128 cm³/mol. The summed E-state index contributed by atoms with van der Waals surface area (Å²) in [5, 5.41) is 0. The number of carbonyl (C=O) groups excluding carboxylic acids is 1. The summed E-state index contributed by atoms with van der Waals surface area (Å²) in [6.45, 7) is 1.86. The Hall–Kier alpha value is -2.53. The number of amides is 1. The van der Waals surface area contributed by atoms with Crippen molar-refractivity contribution >= 4 is 5.91 Å². The fourth-order valence-corrected chi connectivity index (χ4v) is 5.61. The summed E-state index contributed by atoms with van der Waals surface area (Å²) >= 11 is 0. The van der Waals surface area contributed by atoms with Gasteiger partial charge in [0, 0.05) is 25.8 Å². The van der Waals surface area contributed by atoms with Gasteiger partial charge in [0.25, 0.3) is 0 Å². The lowest BCUT2D eigenvalue weighted by molar-refractivity contribution is -0.140. The van der Waals surface area contributed by atoms with E-state index in [1.807, 2.05) is 23.1 Å². The summed E-state index contributed by atoms with van der Waals surface area (Å²) in [5.41, 5.74) is 3.76. The Bertz CT molecular complexity index is 943. The Balaban J connectivity index is 1.25. The van der Waals surface area contributed by atoms with Gasteiger partial charge in [-0.1, -0.05) is 49.6 Å². The zero-order valence-corrected chi connectivity index (χ0v) is 19.6. The molecule has 1 unspecified atom stereocenters. The molecule has 2 aromatic carbocycles. The van der Waals surface area contributed by atoms with Crippen molar-refractivity contribution in [2.75, 3.05) is 26.8 Å². The molecule has 0 radical (unpaired) electrons. The molecule has 5 rings (SSSR count). The molecule has 1 saturated heterocycles. The van der Waals surface area contributed by atoms with Crippen LogP contribution in [-0.4, -0.2) is 43.7 Å². The van der Waals surface area contributed by atoms with E-state index < -0.39 is 0 Å². The van der Waals surface area contributed by atoms with Gasteiger partial charge in [0.05, 0.1) is 20.3 Å². The summed E-state index contributed by atoms with van der Waals surface area (Å²) in [4.78, 5) is 15.0. The van der Waals surface area contributed by atoms with Crippen molar-refractivity contribution in [1.29, 1.82) is 0 Å². The van der Waals surface area contributed by atoms with Crippen molar-refractivity contribution in [3.05, 3.63) is 59.2 Å². The molecule has 1 atom stereocenters. The summed E-state index contributed by atoms with van der Waals surface area (Å²) in [6, 6.07) is 14.6. The first-order valence-electron chi connectivity index (χ1n) is 12.5. The zero-order valence-electron chi connectivity index (χ0n) is 19.6. The number of hydrogen-bond donors (Lipinski definition) is 0. The van der Waals surface area contributed by atoms with Crippen LogP contribution in [0.25, 0.3) is 0 Å². The monoisotopic (exact) mass is 449 g/mol. The van der Waals surface area contributed by atoms with Gasteiger partial charge in [-0.05, 0) is 47.6 Å². The van der Waals surface area contributed by atoms with Crippen molar-refractivity contribution in [2.24, 2.45) is 5.92 Å². The van der Waals surface area contributed by atoms with Crippen LogP contribution in [0.1, 0.15) is 61.3 Å². The van der Waals surface area contributed by atoms with Crippen molar-refractivity contribution in [3.8, 4) is 11.5 Å². The standard InChI is InChI=1S/C28H35NO4/c1-31-25-12-11-23(18-26(25)33-24-16-21-9-5-6-10-22(21)17-24)27-19-29(13-14-32-27)28(30)15-20-7-3-2-4-8-20/h5-6,9-12,18,20,24,27H,2-4,7-8,13-17,19H2,1H3. The largest absolute Gasteiger partial charge is 0.493 e. The van der Waals surface area contributed by atoms with Crippen LogP contribution in [0.5, 0.6) is 11.5 Å². The molecule has 2 aliphatic carbocycles. The van der Waals surface area contributed by atoms with Gasteiger partial charge >= 0.3 is 0 Å². The highest BCUT2D eigenvalue weighted by atomic mass is 16.5. The van der Waals surface area contributed by atoms with Crippen molar-refractivity contribution in [3.63, 3.8) is 0 Å². The quantitative estimate of drug-likeness (QED) is 0.615. The average molecular weight is 450 g/mol. The van der Waals surface area contributed by atoms with E-state index in [1.165, 1.54) is 43.2 Å². The van der Waals surface area contributed by atoms with Crippen LogP contribution in [0.2, 0.25) is 0 Å². The third kappa shape index (κ3) is 5.19. The SMILES string of the molecule is COc1ccc(C2CN(C(=O)CC3CCCCC3)CCO2)cc1OC1Cc2ccccc2C1. The first-order chi connectivity index (χ1) is 16.2. The van der Waals surface area contributed by atoms with E-state index in [4.69, 9.17) is 14.2 Å². The summed E-state index contributed by atoms with van der Waals surface area (Å²) < 4.78 is 18.1. The lowest BCUT2D eigenvalue weighted by atomic mass is 9.86. The second-order valence-electron chi connectivity index (χ2n) is 9.73. The molecule has 0 bridgehead atoms. The molecular formula is C28H35NO4. The second-order valence-corrected chi connectivity index (χ2v) is 9.73. The van der Waals surface area contributed by atoms with Gasteiger partial charge in [0.15, 0.2) is 11.5 Å². The molecule has 3 aliphatic rings. The first-order valence-corrected chi connectivity index (χ1v) is 12.5. The predicted octanol–water partition coefficient (Wildman–Crippen LogP) is 5.11. The molecule has 33 heavy (non-hydrogen) atoms. The summed E-state index contributed by atoms with van der Waals surface area (Å²) in [7, 11) is 1.67. The molecule has 5 heteroatoms. The number of nitrogens with zero attached hydrogens (tertiary/aromatic N) is 1. The number of methoxy groups -OCH3 is 1. The van der Waals surface area contributed by atoms with E-state index >= 15 is 0 Å². The summed E-state index contributed by atoms with van der Waals surface area (Å²) in [6.07, 6.45) is 8.73. The Labute approximate surface area is 197 Å². The maximum Gasteiger partial charge on any atom is 0.223 e.